The Bertz CT molecular complexity index is 399. The van der Waals surface area contributed by atoms with Crippen molar-refractivity contribution in [3.05, 3.63) is 35.4 Å². The smallest absolute Gasteiger partial charge is 0.162 e. The van der Waals surface area contributed by atoms with Crippen LogP contribution in [0.15, 0.2) is 24.3 Å². The number of hydrogen-bond donors (Lipinski definition) is 1. The summed E-state index contributed by atoms with van der Waals surface area (Å²) in [4.78, 5) is 0. The second-order valence-corrected chi connectivity index (χ2v) is 4.89. The molecule has 3 nitrogen and oxygen atoms in total. The second-order valence-electron chi connectivity index (χ2n) is 4.89. The Morgan fingerprint density at radius 1 is 1.29 bits per heavy atom. The van der Waals surface area contributed by atoms with Crippen molar-refractivity contribution < 1.29 is 9.47 Å². The lowest BCUT2D eigenvalue weighted by Gasteiger charge is -2.44. The number of rotatable bonds is 1. The number of fused-ring (bicyclic) bond motifs is 2. The third-order valence-corrected chi connectivity index (χ3v) is 3.93. The highest BCUT2D eigenvalue weighted by Gasteiger charge is 2.42. The van der Waals surface area contributed by atoms with Gasteiger partial charge in [0.2, 0.25) is 0 Å². The monoisotopic (exact) mass is 233 g/mol. The molecule has 1 spiro atoms. The lowest BCUT2D eigenvalue weighted by molar-refractivity contribution is -0.221. The molecule has 0 amide bonds. The van der Waals surface area contributed by atoms with Crippen LogP contribution in [0.25, 0.3) is 0 Å². The lowest BCUT2D eigenvalue weighted by atomic mass is 9.79. The molecule has 1 N–H and O–H groups in total. The van der Waals surface area contributed by atoms with Crippen LogP contribution in [0.2, 0.25) is 0 Å². The van der Waals surface area contributed by atoms with E-state index in [9.17, 15) is 0 Å². The molecule has 2 aliphatic rings. The number of benzene rings is 1. The van der Waals surface area contributed by atoms with Crippen LogP contribution in [-0.2, 0) is 21.5 Å². The van der Waals surface area contributed by atoms with E-state index >= 15 is 0 Å². The van der Waals surface area contributed by atoms with E-state index in [1.54, 1.807) is 7.11 Å². The molecule has 3 rings (SSSR count). The van der Waals surface area contributed by atoms with Crippen molar-refractivity contribution in [3.63, 3.8) is 0 Å². The summed E-state index contributed by atoms with van der Waals surface area (Å²) in [5.74, 6) is 0. The molecule has 2 heterocycles. The minimum absolute atomic E-state index is 0.0944. The maximum absolute atomic E-state index is 6.23. The number of methoxy groups -OCH3 is 1. The van der Waals surface area contributed by atoms with E-state index < -0.39 is 0 Å². The molecule has 17 heavy (non-hydrogen) atoms. The van der Waals surface area contributed by atoms with Crippen LogP contribution < -0.4 is 5.32 Å². The van der Waals surface area contributed by atoms with Gasteiger partial charge in [-0.25, -0.2) is 0 Å². The van der Waals surface area contributed by atoms with Crippen LogP contribution >= 0.6 is 0 Å². The first-order valence-corrected chi connectivity index (χ1v) is 6.34. The summed E-state index contributed by atoms with van der Waals surface area (Å²) in [6, 6.07) is 8.63. The fourth-order valence-electron chi connectivity index (χ4n) is 3.03. The van der Waals surface area contributed by atoms with Gasteiger partial charge >= 0.3 is 0 Å². The van der Waals surface area contributed by atoms with Crippen molar-refractivity contribution >= 4 is 0 Å². The van der Waals surface area contributed by atoms with Crippen LogP contribution in [0.4, 0.5) is 0 Å². The minimum Gasteiger partial charge on any atom is -0.356 e. The number of nitrogens with one attached hydrogen (secondary N) is 1. The molecule has 1 saturated heterocycles. The van der Waals surface area contributed by atoms with Gasteiger partial charge in [0.25, 0.3) is 0 Å². The highest BCUT2D eigenvalue weighted by molar-refractivity contribution is 5.35. The van der Waals surface area contributed by atoms with Gasteiger partial charge in [0.15, 0.2) is 6.29 Å². The van der Waals surface area contributed by atoms with Crippen molar-refractivity contribution in [2.24, 2.45) is 0 Å². The molecule has 0 radical (unpaired) electrons. The zero-order valence-electron chi connectivity index (χ0n) is 10.2. The number of piperidine rings is 1. The zero-order valence-corrected chi connectivity index (χ0v) is 10.2. The largest absolute Gasteiger partial charge is 0.356 e. The molecule has 1 aromatic rings. The summed E-state index contributed by atoms with van der Waals surface area (Å²) in [5, 5.41) is 3.40. The van der Waals surface area contributed by atoms with E-state index in [2.05, 4.69) is 29.6 Å². The Balaban J connectivity index is 2.02. The predicted octanol–water partition coefficient (Wildman–Crippen LogP) is 1.81. The van der Waals surface area contributed by atoms with E-state index in [1.165, 1.54) is 11.1 Å². The summed E-state index contributed by atoms with van der Waals surface area (Å²) < 4.78 is 11.7. The van der Waals surface area contributed by atoms with E-state index in [1.807, 2.05) is 0 Å². The summed E-state index contributed by atoms with van der Waals surface area (Å²) in [5.41, 5.74) is 2.63. The first-order valence-electron chi connectivity index (χ1n) is 6.34. The quantitative estimate of drug-likeness (QED) is 0.802. The van der Waals surface area contributed by atoms with Gasteiger partial charge in [-0.05, 0) is 37.1 Å². The van der Waals surface area contributed by atoms with E-state index in [4.69, 9.17) is 9.47 Å². The summed E-state index contributed by atoms with van der Waals surface area (Å²) >= 11 is 0. The van der Waals surface area contributed by atoms with E-state index in [0.717, 1.165) is 32.4 Å². The predicted molar refractivity (Wildman–Crippen MR) is 65.8 cm³/mol. The van der Waals surface area contributed by atoms with Crippen LogP contribution in [0.1, 0.15) is 24.0 Å². The van der Waals surface area contributed by atoms with Gasteiger partial charge < -0.3 is 14.8 Å². The average Bonchev–Trinajstić information content (AvgIpc) is 2.40. The maximum Gasteiger partial charge on any atom is 0.162 e. The highest BCUT2D eigenvalue weighted by atomic mass is 16.7. The van der Waals surface area contributed by atoms with Gasteiger partial charge in [-0.3, -0.25) is 0 Å². The summed E-state index contributed by atoms with van der Waals surface area (Å²) in [6.07, 6.45) is 2.83. The van der Waals surface area contributed by atoms with Crippen LogP contribution in [0.5, 0.6) is 0 Å². The Kier molecular flexibility index (Phi) is 2.90. The van der Waals surface area contributed by atoms with Crippen LogP contribution in [0, 0.1) is 0 Å². The Hall–Kier alpha value is -0.900. The third kappa shape index (κ3) is 1.88. The maximum atomic E-state index is 6.23. The average molecular weight is 233 g/mol. The molecule has 0 saturated carbocycles. The van der Waals surface area contributed by atoms with Crippen LogP contribution in [-0.4, -0.2) is 26.5 Å². The Labute approximate surface area is 102 Å². The molecule has 1 fully saturated rings. The topological polar surface area (TPSA) is 30.5 Å². The molecule has 3 heteroatoms. The lowest BCUT2D eigenvalue weighted by Crippen LogP contribution is -2.47. The van der Waals surface area contributed by atoms with Gasteiger partial charge in [-0.1, -0.05) is 24.3 Å². The van der Waals surface area contributed by atoms with Gasteiger partial charge in [-0.2, -0.15) is 0 Å². The molecule has 92 valence electrons. The van der Waals surface area contributed by atoms with Crippen molar-refractivity contribution in [2.45, 2.75) is 31.2 Å². The normalized spacial score (nSPS) is 26.8. The number of hydrogen-bond acceptors (Lipinski definition) is 3. The molecule has 0 aliphatic carbocycles. The molecule has 0 unspecified atom stereocenters. The SMILES string of the molecule is CO[C@@H]1Cc2ccccc2C2(CCNCC2)O1. The van der Waals surface area contributed by atoms with Gasteiger partial charge in [0.05, 0.1) is 5.60 Å². The second kappa shape index (κ2) is 4.41. The van der Waals surface area contributed by atoms with Crippen molar-refractivity contribution in [2.75, 3.05) is 20.2 Å². The molecule has 1 atom stereocenters. The first-order chi connectivity index (χ1) is 8.34. The standard InChI is InChI=1S/C14H19NO2/c1-16-13-10-11-4-2-3-5-12(11)14(17-13)6-8-15-9-7-14/h2-5,13,15H,6-10H2,1H3/t13-/m0/s1. The Morgan fingerprint density at radius 3 is 2.82 bits per heavy atom. The minimum atomic E-state index is -0.124. The molecule has 1 aromatic carbocycles. The fourth-order valence-corrected chi connectivity index (χ4v) is 3.03. The highest BCUT2D eigenvalue weighted by Crippen LogP contribution is 2.41. The van der Waals surface area contributed by atoms with Gasteiger partial charge in [0, 0.05) is 13.5 Å². The molecular formula is C14H19NO2. The number of ether oxygens (including phenoxy) is 2. The zero-order chi connectivity index (χ0) is 11.7. The summed E-state index contributed by atoms with van der Waals surface area (Å²) in [6.45, 7) is 2.04. The van der Waals surface area contributed by atoms with E-state index in [-0.39, 0.29) is 11.9 Å². The molecule has 2 aliphatic heterocycles. The van der Waals surface area contributed by atoms with Crippen molar-refractivity contribution in [3.8, 4) is 0 Å². The van der Waals surface area contributed by atoms with Gasteiger partial charge in [0.1, 0.15) is 0 Å². The van der Waals surface area contributed by atoms with Crippen molar-refractivity contribution in [1.29, 1.82) is 0 Å². The van der Waals surface area contributed by atoms with Crippen LogP contribution in [0.3, 0.4) is 0 Å². The fraction of sp³-hybridized carbons (Fsp3) is 0.571. The third-order valence-electron chi connectivity index (χ3n) is 3.93. The first kappa shape index (κ1) is 11.2. The Morgan fingerprint density at radius 2 is 2.06 bits per heavy atom. The molecular weight excluding hydrogens is 214 g/mol. The van der Waals surface area contributed by atoms with E-state index in [0.29, 0.717) is 0 Å². The molecule has 0 bridgehead atoms. The summed E-state index contributed by atoms with van der Waals surface area (Å²) in [7, 11) is 1.73. The van der Waals surface area contributed by atoms with Gasteiger partial charge in [-0.15, -0.1) is 0 Å². The molecule has 0 aromatic heterocycles. The van der Waals surface area contributed by atoms with Crippen molar-refractivity contribution in [1.82, 2.24) is 5.32 Å².